The lowest BCUT2D eigenvalue weighted by Gasteiger charge is -2.15. The predicted octanol–water partition coefficient (Wildman–Crippen LogP) is 4.59. The summed E-state index contributed by atoms with van der Waals surface area (Å²) in [7, 11) is 0. The van der Waals surface area contributed by atoms with E-state index >= 15 is 0 Å². The summed E-state index contributed by atoms with van der Waals surface area (Å²) in [6.45, 7) is 3.24. The van der Waals surface area contributed by atoms with Crippen LogP contribution in [0.4, 0.5) is 5.69 Å². The average molecular weight is 275 g/mol. The zero-order valence-electron chi connectivity index (χ0n) is 11.3. The molecule has 0 bridgehead atoms. The highest BCUT2D eigenvalue weighted by Crippen LogP contribution is 2.36. The predicted molar refractivity (Wildman–Crippen MR) is 82.2 cm³/mol. The molecule has 1 aliphatic carbocycles. The van der Waals surface area contributed by atoms with E-state index < -0.39 is 0 Å². The van der Waals surface area contributed by atoms with Crippen molar-refractivity contribution in [3.63, 3.8) is 0 Å². The average Bonchev–Trinajstić information content (AvgIpc) is 2.87. The van der Waals surface area contributed by atoms with Crippen molar-refractivity contribution >= 4 is 28.2 Å². The first-order valence-corrected chi connectivity index (χ1v) is 7.53. The quantitative estimate of drug-likeness (QED) is 0.825. The van der Waals surface area contributed by atoms with E-state index in [1.807, 2.05) is 12.1 Å². The van der Waals surface area contributed by atoms with Crippen LogP contribution in [0.25, 0.3) is 10.9 Å². The molecule has 0 fully saturated rings. The molecule has 0 radical (unpaired) electrons. The number of para-hydroxylation sites is 1. The molecule has 0 unspecified atom stereocenters. The maximum atomic E-state index is 6.30. The number of aryl methyl sites for hydroxylation is 1. The van der Waals surface area contributed by atoms with Crippen molar-refractivity contribution in [3.05, 3.63) is 34.5 Å². The second kappa shape index (κ2) is 5.38. The topological polar surface area (TPSA) is 24.9 Å². The van der Waals surface area contributed by atoms with Crippen LogP contribution in [0, 0.1) is 0 Å². The van der Waals surface area contributed by atoms with Gasteiger partial charge in [0, 0.05) is 23.3 Å². The van der Waals surface area contributed by atoms with Crippen LogP contribution in [0.2, 0.25) is 5.02 Å². The van der Waals surface area contributed by atoms with Gasteiger partial charge in [0.1, 0.15) is 0 Å². The Morgan fingerprint density at radius 1 is 1.32 bits per heavy atom. The van der Waals surface area contributed by atoms with E-state index in [1.54, 1.807) is 0 Å². The molecular formula is C16H19ClN2. The number of fused-ring (bicyclic) bond motifs is 2. The fourth-order valence-electron chi connectivity index (χ4n) is 2.84. The third-order valence-corrected chi connectivity index (χ3v) is 4.13. The molecule has 100 valence electrons. The number of halogens is 1. The summed E-state index contributed by atoms with van der Waals surface area (Å²) >= 11 is 6.30. The van der Waals surface area contributed by atoms with Crippen molar-refractivity contribution in [2.24, 2.45) is 0 Å². The SMILES string of the molecule is CCCCNc1c2c(nc3c(Cl)cccc13)CCC2. The molecule has 1 heterocycles. The fourth-order valence-corrected chi connectivity index (χ4v) is 3.06. The van der Waals surface area contributed by atoms with E-state index in [9.17, 15) is 0 Å². The maximum Gasteiger partial charge on any atom is 0.0912 e. The molecule has 1 N–H and O–H groups in total. The lowest BCUT2D eigenvalue weighted by molar-refractivity contribution is 0.833. The first-order valence-electron chi connectivity index (χ1n) is 7.15. The molecule has 0 aliphatic heterocycles. The highest BCUT2D eigenvalue weighted by Gasteiger charge is 2.20. The Labute approximate surface area is 119 Å². The van der Waals surface area contributed by atoms with Gasteiger partial charge in [0.25, 0.3) is 0 Å². The number of nitrogens with one attached hydrogen (secondary N) is 1. The van der Waals surface area contributed by atoms with E-state index in [-0.39, 0.29) is 0 Å². The van der Waals surface area contributed by atoms with Gasteiger partial charge in [0.2, 0.25) is 0 Å². The van der Waals surface area contributed by atoms with Gasteiger partial charge in [-0.3, -0.25) is 4.98 Å². The summed E-state index contributed by atoms with van der Waals surface area (Å²) < 4.78 is 0. The zero-order chi connectivity index (χ0) is 13.2. The van der Waals surface area contributed by atoms with Crippen molar-refractivity contribution in [2.75, 3.05) is 11.9 Å². The summed E-state index contributed by atoms with van der Waals surface area (Å²) in [5, 5.41) is 5.54. The number of nitrogens with zero attached hydrogens (tertiary/aromatic N) is 1. The Kier molecular flexibility index (Phi) is 3.61. The number of rotatable bonds is 4. The molecule has 0 saturated heterocycles. The highest BCUT2D eigenvalue weighted by atomic mass is 35.5. The molecule has 3 heteroatoms. The van der Waals surface area contributed by atoms with Gasteiger partial charge in [0.05, 0.1) is 10.5 Å². The molecule has 3 rings (SSSR count). The van der Waals surface area contributed by atoms with Crippen molar-refractivity contribution in [3.8, 4) is 0 Å². The van der Waals surface area contributed by atoms with Gasteiger partial charge in [-0.25, -0.2) is 0 Å². The first-order chi connectivity index (χ1) is 9.31. The Hall–Kier alpha value is -1.28. The first kappa shape index (κ1) is 12.7. The molecular weight excluding hydrogens is 256 g/mol. The van der Waals surface area contributed by atoms with E-state index in [0.717, 1.165) is 29.9 Å². The molecule has 0 saturated carbocycles. The van der Waals surface area contributed by atoms with Gasteiger partial charge in [-0.2, -0.15) is 0 Å². The van der Waals surface area contributed by atoms with Crippen LogP contribution in [0.15, 0.2) is 18.2 Å². The van der Waals surface area contributed by atoms with Crippen LogP contribution in [0.3, 0.4) is 0 Å². The van der Waals surface area contributed by atoms with Crippen molar-refractivity contribution in [1.29, 1.82) is 0 Å². The minimum Gasteiger partial charge on any atom is -0.384 e. The fraction of sp³-hybridized carbons (Fsp3) is 0.438. The van der Waals surface area contributed by atoms with Gasteiger partial charge in [0.15, 0.2) is 0 Å². The van der Waals surface area contributed by atoms with Crippen LogP contribution in [-0.4, -0.2) is 11.5 Å². The van der Waals surface area contributed by atoms with E-state index in [0.29, 0.717) is 0 Å². The lowest BCUT2D eigenvalue weighted by Crippen LogP contribution is -2.06. The molecule has 19 heavy (non-hydrogen) atoms. The van der Waals surface area contributed by atoms with Crippen LogP contribution in [0.1, 0.15) is 37.4 Å². The summed E-state index contributed by atoms with van der Waals surface area (Å²) in [6, 6.07) is 6.06. The normalized spacial score (nSPS) is 13.8. The molecule has 0 atom stereocenters. The van der Waals surface area contributed by atoms with Gasteiger partial charge in [-0.15, -0.1) is 0 Å². The van der Waals surface area contributed by atoms with E-state index in [4.69, 9.17) is 16.6 Å². The Morgan fingerprint density at radius 3 is 3.05 bits per heavy atom. The number of aromatic nitrogens is 1. The lowest BCUT2D eigenvalue weighted by atomic mass is 10.1. The zero-order valence-corrected chi connectivity index (χ0v) is 12.1. The number of benzene rings is 1. The maximum absolute atomic E-state index is 6.30. The Bertz CT molecular complexity index is 607. The number of hydrogen-bond acceptors (Lipinski definition) is 2. The third kappa shape index (κ3) is 2.30. The number of hydrogen-bond donors (Lipinski definition) is 1. The minimum absolute atomic E-state index is 0.755. The Morgan fingerprint density at radius 2 is 2.21 bits per heavy atom. The van der Waals surface area contributed by atoms with E-state index in [1.165, 1.54) is 41.6 Å². The van der Waals surface area contributed by atoms with Crippen molar-refractivity contribution in [2.45, 2.75) is 39.0 Å². The molecule has 2 nitrogen and oxygen atoms in total. The second-order valence-electron chi connectivity index (χ2n) is 5.18. The second-order valence-corrected chi connectivity index (χ2v) is 5.59. The third-order valence-electron chi connectivity index (χ3n) is 3.83. The standard InChI is InChI=1S/C16H19ClN2/c1-2-3-10-18-15-11-6-5-9-14(11)19-16-12(15)7-4-8-13(16)17/h4,7-8H,2-3,5-6,9-10H2,1H3,(H,18,19). The Balaban J connectivity index is 2.13. The van der Waals surface area contributed by atoms with Gasteiger partial charge in [-0.05, 0) is 37.3 Å². The van der Waals surface area contributed by atoms with Crippen LogP contribution in [-0.2, 0) is 12.8 Å². The van der Waals surface area contributed by atoms with E-state index in [2.05, 4.69) is 18.3 Å². The van der Waals surface area contributed by atoms with Gasteiger partial charge >= 0.3 is 0 Å². The number of unbranched alkanes of at least 4 members (excludes halogenated alkanes) is 1. The molecule has 0 spiro atoms. The number of pyridine rings is 1. The molecule has 1 aromatic carbocycles. The minimum atomic E-state index is 0.755. The summed E-state index contributed by atoms with van der Waals surface area (Å²) in [6.07, 6.45) is 5.83. The van der Waals surface area contributed by atoms with Gasteiger partial charge in [-0.1, -0.05) is 37.1 Å². The van der Waals surface area contributed by atoms with Crippen LogP contribution >= 0.6 is 11.6 Å². The largest absolute Gasteiger partial charge is 0.384 e. The molecule has 2 aromatic rings. The monoisotopic (exact) mass is 274 g/mol. The van der Waals surface area contributed by atoms with Gasteiger partial charge < -0.3 is 5.32 Å². The molecule has 1 aliphatic rings. The summed E-state index contributed by atoms with van der Waals surface area (Å²) in [4.78, 5) is 4.77. The van der Waals surface area contributed by atoms with Crippen molar-refractivity contribution in [1.82, 2.24) is 4.98 Å². The highest BCUT2D eigenvalue weighted by molar-refractivity contribution is 6.35. The smallest absolute Gasteiger partial charge is 0.0912 e. The summed E-state index contributed by atoms with van der Waals surface area (Å²) in [5.74, 6) is 0. The van der Waals surface area contributed by atoms with Crippen molar-refractivity contribution < 1.29 is 0 Å². The van der Waals surface area contributed by atoms with Crippen LogP contribution in [0.5, 0.6) is 0 Å². The molecule has 1 aromatic heterocycles. The summed E-state index contributed by atoms with van der Waals surface area (Å²) in [5.41, 5.74) is 4.86. The molecule has 0 amide bonds. The number of anilines is 1. The van der Waals surface area contributed by atoms with Crippen LogP contribution < -0.4 is 5.32 Å².